The maximum absolute atomic E-state index is 12.9. The molecule has 1 aromatic rings. The molecule has 0 aromatic heterocycles. The van der Waals surface area contributed by atoms with E-state index in [1.165, 1.54) is 0 Å². The van der Waals surface area contributed by atoms with Gasteiger partial charge in [-0.05, 0) is 36.9 Å². The zero-order valence-electron chi connectivity index (χ0n) is 14.6. The van der Waals surface area contributed by atoms with Gasteiger partial charge < -0.3 is 4.74 Å². The maximum atomic E-state index is 12.9. The summed E-state index contributed by atoms with van der Waals surface area (Å²) >= 11 is 0. The number of halogens is 3. The second-order valence-corrected chi connectivity index (χ2v) is 7.62. The summed E-state index contributed by atoms with van der Waals surface area (Å²) in [6.07, 6.45) is -3.43. The topological polar surface area (TPSA) is 55.6 Å². The Bertz CT molecular complexity index is 627. The van der Waals surface area contributed by atoms with E-state index in [2.05, 4.69) is 25.7 Å². The van der Waals surface area contributed by atoms with Crippen molar-refractivity contribution < 1.29 is 22.8 Å². The first kappa shape index (κ1) is 19.5. The number of rotatable bonds is 4. The van der Waals surface area contributed by atoms with Crippen molar-refractivity contribution in [1.29, 1.82) is 0 Å². The molecule has 0 unspecified atom stereocenters. The van der Waals surface area contributed by atoms with Gasteiger partial charge in [-0.2, -0.15) is 13.2 Å². The van der Waals surface area contributed by atoms with E-state index in [9.17, 15) is 23.3 Å². The van der Waals surface area contributed by atoms with Gasteiger partial charge in [0.1, 0.15) is 6.10 Å². The lowest BCUT2D eigenvalue weighted by Gasteiger charge is -2.36. The zero-order valence-corrected chi connectivity index (χ0v) is 14.6. The van der Waals surface area contributed by atoms with Crippen molar-refractivity contribution in [2.45, 2.75) is 45.9 Å². The Balaban J connectivity index is 2.18. The molecule has 1 fully saturated rings. The van der Waals surface area contributed by atoms with Gasteiger partial charge in [0.15, 0.2) is 5.75 Å². The molecule has 0 spiro atoms. The zero-order chi connectivity index (χ0) is 18.8. The average Bonchev–Trinajstić information content (AvgIpc) is 2.44. The number of nitrogens with zero attached hydrogens (tertiary/aromatic N) is 2. The quantitative estimate of drug-likeness (QED) is 0.586. The summed E-state index contributed by atoms with van der Waals surface area (Å²) in [4.78, 5) is 12.6. The molecule has 1 aliphatic rings. The highest BCUT2D eigenvalue weighted by Gasteiger charge is 2.34. The third-order valence-corrected chi connectivity index (χ3v) is 3.94. The van der Waals surface area contributed by atoms with Crippen LogP contribution in [0.5, 0.6) is 5.75 Å². The highest BCUT2D eigenvalue weighted by molar-refractivity contribution is 5.49. The molecule has 25 heavy (non-hydrogen) atoms. The van der Waals surface area contributed by atoms with Crippen molar-refractivity contribution in [3.8, 4) is 5.75 Å². The van der Waals surface area contributed by atoms with E-state index in [4.69, 9.17) is 4.74 Å². The van der Waals surface area contributed by atoms with Crippen LogP contribution in [-0.2, 0) is 6.18 Å². The SMILES string of the molecule is CC(C)(C)CN1CCC[C@H](Oc2cc(C(F)(F)F)ccc2[N+](=O)[O-])C1. The molecule has 0 saturated carbocycles. The standard InChI is InChI=1S/C17H23F3N2O3/c1-16(2,3)11-21-8-4-5-13(10-21)25-15-9-12(17(18,19)20)6-7-14(15)22(23)24/h6-7,9,13H,4-5,8,10-11H2,1-3H3/t13-/m0/s1. The van der Waals surface area contributed by atoms with Gasteiger partial charge in [-0.25, -0.2) is 0 Å². The molecule has 1 aliphatic heterocycles. The van der Waals surface area contributed by atoms with Crippen LogP contribution in [-0.4, -0.2) is 35.6 Å². The minimum absolute atomic E-state index is 0.0874. The molecule has 2 rings (SSSR count). The van der Waals surface area contributed by atoms with Gasteiger partial charge in [-0.3, -0.25) is 15.0 Å². The number of ether oxygens (including phenoxy) is 1. The van der Waals surface area contributed by atoms with Crippen LogP contribution in [0.4, 0.5) is 18.9 Å². The molecule has 0 bridgehead atoms. The van der Waals surface area contributed by atoms with Crippen molar-refractivity contribution in [1.82, 2.24) is 4.90 Å². The number of likely N-dealkylation sites (tertiary alicyclic amines) is 1. The summed E-state index contributed by atoms with van der Waals surface area (Å²) in [5.41, 5.74) is -1.30. The van der Waals surface area contributed by atoms with Crippen LogP contribution >= 0.6 is 0 Å². The van der Waals surface area contributed by atoms with Gasteiger partial charge in [0.05, 0.1) is 10.5 Å². The summed E-state index contributed by atoms with van der Waals surface area (Å²) < 4.78 is 44.3. The molecule has 1 heterocycles. The van der Waals surface area contributed by atoms with Crippen molar-refractivity contribution >= 4 is 5.69 Å². The third kappa shape index (κ3) is 5.59. The normalized spacial score (nSPS) is 19.7. The number of piperidine rings is 1. The van der Waals surface area contributed by atoms with Crippen molar-refractivity contribution in [2.75, 3.05) is 19.6 Å². The summed E-state index contributed by atoms with van der Waals surface area (Å²) in [5, 5.41) is 11.1. The molecule has 8 heteroatoms. The average molecular weight is 360 g/mol. The first-order valence-corrected chi connectivity index (χ1v) is 8.20. The monoisotopic (exact) mass is 360 g/mol. The smallest absolute Gasteiger partial charge is 0.416 e. The highest BCUT2D eigenvalue weighted by atomic mass is 19.4. The van der Waals surface area contributed by atoms with Gasteiger partial charge in [-0.15, -0.1) is 0 Å². The van der Waals surface area contributed by atoms with Gasteiger partial charge in [0, 0.05) is 19.2 Å². The molecule has 1 atom stereocenters. The van der Waals surface area contributed by atoms with E-state index < -0.39 is 22.4 Å². The first-order valence-electron chi connectivity index (χ1n) is 8.20. The van der Waals surface area contributed by atoms with Gasteiger partial charge in [-0.1, -0.05) is 20.8 Å². The van der Waals surface area contributed by atoms with Crippen LogP contribution in [0.1, 0.15) is 39.2 Å². The molecule has 1 saturated heterocycles. The van der Waals surface area contributed by atoms with E-state index >= 15 is 0 Å². The van der Waals surface area contributed by atoms with E-state index in [1.807, 2.05) is 0 Å². The van der Waals surface area contributed by atoms with Gasteiger partial charge >= 0.3 is 11.9 Å². The molecule has 5 nitrogen and oxygen atoms in total. The Labute approximate surface area is 144 Å². The van der Waals surface area contributed by atoms with Crippen LogP contribution in [0.15, 0.2) is 18.2 Å². The highest BCUT2D eigenvalue weighted by Crippen LogP contribution is 2.37. The summed E-state index contributed by atoms with van der Waals surface area (Å²) in [6, 6.07) is 2.28. The van der Waals surface area contributed by atoms with E-state index in [0.717, 1.165) is 31.6 Å². The number of nitro benzene ring substituents is 1. The predicted molar refractivity (Wildman–Crippen MR) is 87.6 cm³/mol. The molecular formula is C17H23F3N2O3. The Morgan fingerprint density at radius 3 is 2.56 bits per heavy atom. The van der Waals surface area contributed by atoms with Crippen molar-refractivity contribution in [2.24, 2.45) is 5.41 Å². The van der Waals surface area contributed by atoms with Crippen molar-refractivity contribution in [3.05, 3.63) is 33.9 Å². The fourth-order valence-corrected chi connectivity index (χ4v) is 3.04. The van der Waals surface area contributed by atoms with E-state index in [1.54, 1.807) is 0 Å². The minimum Gasteiger partial charge on any atom is -0.482 e. The lowest BCUT2D eigenvalue weighted by molar-refractivity contribution is -0.386. The number of hydrogen-bond acceptors (Lipinski definition) is 4. The fourth-order valence-electron chi connectivity index (χ4n) is 3.04. The second kappa shape index (κ2) is 7.19. The van der Waals surface area contributed by atoms with Crippen LogP contribution < -0.4 is 4.74 Å². The third-order valence-electron chi connectivity index (χ3n) is 3.94. The summed E-state index contributed by atoms with van der Waals surface area (Å²) in [5.74, 6) is -0.317. The molecule has 0 amide bonds. The molecule has 0 N–H and O–H groups in total. The molecular weight excluding hydrogens is 337 g/mol. The van der Waals surface area contributed by atoms with Crippen molar-refractivity contribution in [3.63, 3.8) is 0 Å². The maximum Gasteiger partial charge on any atom is 0.416 e. The Kier molecular flexibility index (Phi) is 5.61. The first-order chi connectivity index (χ1) is 11.5. The molecule has 0 radical (unpaired) electrons. The van der Waals surface area contributed by atoms with E-state index in [-0.39, 0.29) is 17.3 Å². The summed E-state index contributed by atoms with van der Waals surface area (Å²) in [7, 11) is 0. The number of hydrogen-bond donors (Lipinski definition) is 0. The molecule has 0 aliphatic carbocycles. The van der Waals surface area contributed by atoms with E-state index in [0.29, 0.717) is 19.0 Å². The Hall–Kier alpha value is -1.83. The lowest BCUT2D eigenvalue weighted by atomic mass is 9.94. The van der Waals surface area contributed by atoms with Crippen LogP contribution in [0.25, 0.3) is 0 Å². The Morgan fingerprint density at radius 1 is 1.32 bits per heavy atom. The number of alkyl halides is 3. The largest absolute Gasteiger partial charge is 0.482 e. The predicted octanol–water partition coefficient (Wildman–Crippen LogP) is 4.50. The van der Waals surface area contributed by atoms with Crippen LogP contribution in [0.3, 0.4) is 0 Å². The van der Waals surface area contributed by atoms with Gasteiger partial charge in [0.25, 0.3) is 0 Å². The second-order valence-electron chi connectivity index (χ2n) is 7.62. The fraction of sp³-hybridized carbons (Fsp3) is 0.647. The summed E-state index contributed by atoms with van der Waals surface area (Å²) in [6.45, 7) is 8.59. The molecule has 1 aromatic carbocycles. The Morgan fingerprint density at radius 2 is 2.00 bits per heavy atom. The minimum atomic E-state index is -4.57. The van der Waals surface area contributed by atoms with Crippen LogP contribution in [0.2, 0.25) is 0 Å². The lowest BCUT2D eigenvalue weighted by Crippen LogP contribution is -2.44. The number of benzene rings is 1. The molecule has 140 valence electrons. The van der Waals surface area contributed by atoms with Gasteiger partial charge in [0.2, 0.25) is 0 Å². The van der Waals surface area contributed by atoms with Crippen LogP contribution in [0, 0.1) is 15.5 Å². The number of nitro groups is 1.